The molecule has 0 bridgehead atoms. The van der Waals surface area contributed by atoms with E-state index in [-0.39, 0.29) is 5.91 Å². The molecule has 0 radical (unpaired) electrons. The zero-order valence-electron chi connectivity index (χ0n) is 21.5. The van der Waals surface area contributed by atoms with E-state index in [2.05, 4.69) is 31.3 Å². The normalized spacial score (nSPS) is 12.7. The Kier molecular flexibility index (Phi) is 24.1. The molecule has 0 aliphatic heterocycles. The van der Waals surface area contributed by atoms with Crippen LogP contribution >= 0.6 is 0 Å². The molecule has 0 aromatic rings. The third-order valence-corrected chi connectivity index (χ3v) is 6.24. The quantitative estimate of drug-likeness (QED) is 0.0801. The molecule has 4 heteroatoms. The Hall–Kier alpha value is -0.870. The number of carbonyl (C=O) groups is 1. The average molecular weight is 454 g/mol. The lowest BCUT2D eigenvalue weighted by Gasteiger charge is -2.20. The Balaban J connectivity index is 3.57. The number of aliphatic hydroxyl groups excluding tert-OH is 1. The first-order valence-electron chi connectivity index (χ1n) is 13.9. The lowest BCUT2D eigenvalue weighted by molar-refractivity contribution is -0.127. The molecule has 0 spiro atoms. The van der Waals surface area contributed by atoms with Gasteiger partial charge in [0.05, 0.1) is 6.04 Å². The monoisotopic (exact) mass is 453 g/mol. The average Bonchev–Trinajstić information content (AvgIpc) is 2.77. The summed E-state index contributed by atoms with van der Waals surface area (Å²) < 4.78 is 0. The molecular formula is C28H55NO3. The summed E-state index contributed by atoms with van der Waals surface area (Å²) in [7, 11) is 0. The minimum absolute atomic E-state index is 0.0493. The van der Waals surface area contributed by atoms with Gasteiger partial charge >= 0.3 is 0 Å². The highest BCUT2D eigenvalue weighted by Gasteiger charge is 2.18. The van der Waals surface area contributed by atoms with Crippen molar-refractivity contribution in [2.75, 3.05) is 0 Å². The summed E-state index contributed by atoms with van der Waals surface area (Å²) in [6.07, 6.45) is 27.4. The maximum Gasteiger partial charge on any atom is 0.220 e. The van der Waals surface area contributed by atoms with Crippen LogP contribution in [0.1, 0.15) is 149 Å². The van der Waals surface area contributed by atoms with E-state index >= 15 is 0 Å². The van der Waals surface area contributed by atoms with Gasteiger partial charge in [0.15, 0.2) is 6.29 Å². The van der Waals surface area contributed by atoms with Gasteiger partial charge in [-0.1, -0.05) is 116 Å². The summed E-state index contributed by atoms with van der Waals surface area (Å²) in [4.78, 5) is 12.1. The molecule has 190 valence electrons. The van der Waals surface area contributed by atoms with Crippen LogP contribution in [0.3, 0.4) is 0 Å². The third kappa shape index (κ3) is 22.3. The molecule has 0 rings (SSSR count). The number of unbranched alkanes of at least 4 members (excludes halogenated alkanes) is 16. The molecule has 0 saturated carbocycles. The highest BCUT2D eigenvalue weighted by molar-refractivity contribution is 5.76. The van der Waals surface area contributed by atoms with E-state index in [0.29, 0.717) is 12.8 Å². The zero-order chi connectivity index (χ0) is 23.7. The molecule has 0 aliphatic rings. The first kappa shape index (κ1) is 31.1. The molecular weight excluding hydrogens is 398 g/mol. The number of carbonyl (C=O) groups excluding carboxylic acids is 1. The lowest BCUT2D eigenvalue weighted by atomic mass is 10.0. The fourth-order valence-corrected chi connectivity index (χ4v) is 4.08. The van der Waals surface area contributed by atoms with Gasteiger partial charge in [-0.2, -0.15) is 0 Å². The van der Waals surface area contributed by atoms with Crippen LogP contribution in [0.25, 0.3) is 0 Å². The smallest absolute Gasteiger partial charge is 0.220 e. The van der Waals surface area contributed by atoms with Crippen LogP contribution in [0.15, 0.2) is 12.2 Å². The Labute approximate surface area is 199 Å². The molecule has 0 fully saturated rings. The fourth-order valence-electron chi connectivity index (χ4n) is 4.08. The molecule has 0 aliphatic carbocycles. The van der Waals surface area contributed by atoms with Gasteiger partial charge < -0.3 is 15.5 Å². The van der Waals surface area contributed by atoms with Gasteiger partial charge in [-0.05, 0) is 38.5 Å². The predicted molar refractivity (Wildman–Crippen MR) is 138 cm³/mol. The summed E-state index contributed by atoms with van der Waals surface area (Å²) in [5.74, 6) is -0.0493. The van der Waals surface area contributed by atoms with E-state index in [9.17, 15) is 15.0 Å². The van der Waals surface area contributed by atoms with Gasteiger partial charge in [-0.3, -0.25) is 4.79 Å². The van der Waals surface area contributed by atoms with Gasteiger partial charge in [0.25, 0.3) is 0 Å². The summed E-state index contributed by atoms with van der Waals surface area (Å²) in [5.41, 5.74) is 0. The summed E-state index contributed by atoms with van der Waals surface area (Å²) >= 11 is 0. The second-order valence-corrected chi connectivity index (χ2v) is 9.48. The number of rotatable bonds is 24. The molecule has 0 aromatic carbocycles. The van der Waals surface area contributed by atoms with Crippen molar-refractivity contribution < 1.29 is 15.0 Å². The van der Waals surface area contributed by atoms with E-state index in [0.717, 1.165) is 25.7 Å². The molecule has 0 heterocycles. The Morgan fingerprint density at radius 3 is 1.59 bits per heavy atom. The van der Waals surface area contributed by atoms with Gasteiger partial charge in [-0.15, -0.1) is 0 Å². The first-order chi connectivity index (χ1) is 15.6. The van der Waals surface area contributed by atoms with Crippen LogP contribution in [0.4, 0.5) is 0 Å². The number of nitrogens with one attached hydrogen (secondary N) is 1. The SMILES string of the molecule is CCCCCCCCC=CCCCCCCCC(=O)NC(CCCCCCCC)C(O)O. The summed E-state index contributed by atoms with van der Waals surface area (Å²) in [6.45, 7) is 4.46. The lowest BCUT2D eigenvalue weighted by Crippen LogP contribution is -2.43. The Bertz CT molecular complexity index is 423. The van der Waals surface area contributed by atoms with Crippen molar-refractivity contribution in [2.24, 2.45) is 0 Å². The van der Waals surface area contributed by atoms with Gasteiger partial charge in [-0.25, -0.2) is 0 Å². The molecule has 1 unspecified atom stereocenters. The predicted octanol–water partition coefficient (Wildman–Crippen LogP) is 7.57. The first-order valence-corrected chi connectivity index (χ1v) is 13.9. The maximum atomic E-state index is 12.1. The summed E-state index contributed by atoms with van der Waals surface area (Å²) in [5, 5.41) is 21.9. The molecule has 1 atom stereocenters. The number of aliphatic hydroxyl groups is 2. The van der Waals surface area contributed by atoms with Crippen LogP contribution in [-0.4, -0.2) is 28.5 Å². The van der Waals surface area contributed by atoms with Crippen molar-refractivity contribution in [1.29, 1.82) is 0 Å². The minimum atomic E-state index is -1.47. The molecule has 3 N–H and O–H groups in total. The number of hydrogen-bond acceptors (Lipinski definition) is 3. The van der Waals surface area contributed by atoms with Gasteiger partial charge in [0, 0.05) is 6.42 Å². The van der Waals surface area contributed by atoms with Crippen molar-refractivity contribution >= 4 is 5.91 Å². The standard InChI is InChI=1S/C28H55NO3/c1-3-5-7-9-11-12-13-14-15-16-17-18-19-21-23-25-27(30)29-26(28(31)32)24-22-20-10-8-6-4-2/h14-15,26,28,31-32H,3-13,16-25H2,1-2H3,(H,29,30). The Morgan fingerprint density at radius 1 is 0.656 bits per heavy atom. The summed E-state index contributed by atoms with van der Waals surface area (Å²) in [6, 6.07) is -0.531. The molecule has 32 heavy (non-hydrogen) atoms. The number of hydrogen-bond donors (Lipinski definition) is 3. The molecule has 0 saturated heterocycles. The highest BCUT2D eigenvalue weighted by Crippen LogP contribution is 2.12. The Morgan fingerprint density at radius 2 is 1.09 bits per heavy atom. The van der Waals surface area contributed by atoms with Crippen LogP contribution in [0.2, 0.25) is 0 Å². The van der Waals surface area contributed by atoms with Crippen molar-refractivity contribution in [3.05, 3.63) is 12.2 Å². The van der Waals surface area contributed by atoms with Crippen LogP contribution in [-0.2, 0) is 4.79 Å². The highest BCUT2D eigenvalue weighted by atomic mass is 16.5. The second kappa shape index (κ2) is 24.8. The maximum absolute atomic E-state index is 12.1. The van der Waals surface area contributed by atoms with Crippen LogP contribution in [0, 0.1) is 0 Å². The number of allylic oxidation sites excluding steroid dienone is 2. The van der Waals surface area contributed by atoms with E-state index in [4.69, 9.17) is 0 Å². The van der Waals surface area contributed by atoms with Gasteiger partial charge in [0.1, 0.15) is 0 Å². The largest absolute Gasteiger partial charge is 0.366 e. The van der Waals surface area contributed by atoms with E-state index in [1.165, 1.54) is 96.3 Å². The zero-order valence-corrected chi connectivity index (χ0v) is 21.5. The van der Waals surface area contributed by atoms with E-state index in [1.54, 1.807) is 0 Å². The van der Waals surface area contributed by atoms with E-state index < -0.39 is 12.3 Å². The van der Waals surface area contributed by atoms with Crippen molar-refractivity contribution in [3.63, 3.8) is 0 Å². The van der Waals surface area contributed by atoms with E-state index in [1.807, 2.05) is 0 Å². The molecule has 1 amide bonds. The topological polar surface area (TPSA) is 69.6 Å². The second-order valence-electron chi connectivity index (χ2n) is 9.48. The van der Waals surface area contributed by atoms with Crippen molar-refractivity contribution in [1.82, 2.24) is 5.32 Å². The number of amides is 1. The molecule has 4 nitrogen and oxygen atoms in total. The van der Waals surface area contributed by atoms with Crippen LogP contribution in [0.5, 0.6) is 0 Å². The van der Waals surface area contributed by atoms with Crippen molar-refractivity contribution in [3.8, 4) is 0 Å². The fraction of sp³-hybridized carbons (Fsp3) is 0.893. The van der Waals surface area contributed by atoms with Gasteiger partial charge in [0.2, 0.25) is 5.91 Å². The van der Waals surface area contributed by atoms with Crippen LogP contribution < -0.4 is 5.32 Å². The molecule has 0 aromatic heterocycles. The third-order valence-electron chi connectivity index (χ3n) is 6.24. The van der Waals surface area contributed by atoms with Crippen molar-refractivity contribution in [2.45, 2.75) is 161 Å². The minimum Gasteiger partial charge on any atom is -0.366 e.